The molecule has 1 aromatic rings. The Bertz CT molecular complexity index is 546. The highest BCUT2D eigenvalue weighted by molar-refractivity contribution is 7.89. The minimum Gasteiger partial charge on any atom is -0.466 e. The number of carbonyl (C=O) groups excluding carboxylic acids is 1. The molecular weight excluding hydrogens is 254 g/mol. The van der Waals surface area contributed by atoms with E-state index in [0.717, 1.165) is 22.1 Å². The molecule has 5 nitrogen and oxygen atoms in total. The van der Waals surface area contributed by atoms with Crippen LogP contribution in [-0.4, -0.2) is 32.8 Å². The lowest BCUT2D eigenvalue weighted by Crippen LogP contribution is -2.21. The molecule has 1 aromatic carbocycles. The van der Waals surface area contributed by atoms with Crippen LogP contribution in [0.3, 0.4) is 0 Å². The summed E-state index contributed by atoms with van der Waals surface area (Å²) in [6.45, 7) is 1.87. The molecule has 0 aromatic heterocycles. The molecule has 0 amide bonds. The highest BCUT2D eigenvalue weighted by atomic mass is 32.2. The molecule has 0 N–H and O–H groups in total. The van der Waals surface area contributed by atoms with Gasteiger partial charge in [-0.3, -0.25) is 4.31 Å². The molecule has 0 saturated heterocycles. The van der Waals surface area contributed by atoms with Crippen molar-refractivity contribution in [2.75, 3.05) is 14.2 Å². The maximum absolute atomic E-state index is 12.1. The van der Waals surface area contributed by atoms with E-state index in [1.807, 2.05) is 6.92 Å². The summed E-state index contributed by atoms with van der Waals surface area (Å²) in [4.78, 5) is 11.1. The molecule has 0 radical (unpaired) electrons. The van der Waals surface area contributed by atoms with Gasteiger partial charge in [-0.2, -0.15) is 0 Å². The van der Waals surface area contributed by atoms with E-state index < -0.39 is 16.0 Å². The number of hydrogen-bond acceptors (Lipinski definition) is 4. The van der Waals surface area contributed by atoms with Crippen molar-refractivity contribution in [3.05, 3.63) is 42.1 Å². The molecule has 0 aliphatic heterocycles. The minimum atomic E-state index is -3.62. The van der Waals surface area contributed by atoms with E-state index in [9.17, 15) is 13.2 Å². The van der Waals surface area contributed by atoms with Gasteiger partial charge in [0.25, 0.3) is 10.0 Å². The van der Waals surface area contributed by atoms with E-state index in [-0.39, 0.29) is 4.90 Å². The zero-order valence-corrected chi connectivity index (χ0v) is 11.3. The Morgan fingerprint density at radius 2 is 1.83 bits per heavy atom. The van der Waals surface area contributed by atoms with Gasteiger partial charge in [0.05, 0.1) is 12.0 Å². The van der Waals surface area contributed by atoms with Crippen molar-refractivity contribution in [2.45, 2.75) is 11.8 Å². The lowest BCUT2D eigenvalue weighted by Gasteiger charge is -2.14. The first kappa shape index (κ1) is 14.2. The predicted molar refractivity (Wildman–Crippen MR) is 67.3 cm³/mol. The highest BCUT2D eigenvalue weighted by Gasteiger charge is 2.17. The van der Waals surface area contributed by atoms with Gasteiger partial charge in [0.15, 0.2) is 0 Å². The Kier molecular flexibility index (Phi) is 4.49. The molecule has 0 atom stereocenters. The summed E-state index contributed by atoms with van der Waals surface area (Å²) in [5.74, 6) is -0.610. The highest BCUT2D eigenvalue weighted by Crippen LogP contribution is 2.15. The predicted octanol–water partition coefficient (Wildman–Crippen LogP) is 1.30. The standard InChI is InChI=1S/C12H15NO4S/c1-10-4-6-11(7-5-10)18(15,16)13(2)9-8-12(14)17-3/h4-9H,1-3H3/b9-8+. The number of rotatable bonds is 4. The second-order valence-electron chi connectivity index (χ2n) is 3.67. The summed E-state index contributed by atoms with van der Waals surface area (Å²) in [5, 5.41) is 0. The van der Waals surface area contributed by atoms with Crippen LogP contribution in [0, 0.1) is 6.92 Å². The van der Waals surface area contributed by atoms with E-state index in [1.165, 1.54) is 26.3 Å². The van der Waals surface area contributed by atoms with Gasteiger partial charge in [0.1, 0.15) is 0 Å². The van der Waals surface area contributed by atoms with E-state index in [2.05, 4.69) is 4.74 Å². The van der Waals surface area contributed by atoms with Gasteiger partial charge >= 0.3 is 5.97 Å². The molecular formula is C12H15NO4S. The van der Waals surface area contributed by atoms with Crippen molar-refractivity contribution in [2.24, 2.45) is 0 Å². The van der Waals surface area contributed by atoms with Crippen LogP contribution >= 0.6 is 0 Å². The summed E-state index contributed by atoms with van der Waals surface area (Å²) in [7, 11) is -1.04. The average Bonchev–Trinajstić information content (AvgIpc) is 2.35. The molecule has 0 heterocycles. The molecule has 98 valence electrons. The van der Waals surface area contributed by atoms with E-state index in [4.69, 9.17) is 0 Å². The van der Waals surface area contributed by atoms with Crippen molar-refractivity contribution in [1.29, 1.82) is 0 Å². The third-order valence-corrected chi connectivity index (χ3v) is 4.07. The van der Waals surface area contributed by atoms with E-state index in [0.29, 0.717) is 0 Å². The number of nitrogens with zero attached hydrogens (tertiary/aromatic N) is 1. The van der Waals surface area contributed by atoms with Gasteiger partial charge in [-0.25, -0.2) is 13.2 Å². The number of hydrogen-bond donors (Lipinski definition) is 0. The summed E-state index contributed by atoms with van der Waals surface area (Å²) in [5.41, 5.74) is 0.974. The molecule has 0 unspecified atom stereocenters. The van der Waals surface area contributed by atoms with Crippen LogP contribution in [0.2, 0.25) is 0 Å². The molecule has 0 fully saturated rings. The molecule has 6 heteroatoms. The van der Waals surface area contributed by atoms with Crippen molar-refractivity contribution >= 4 is 16.0 Å². The van der Waals surface area contributed by atoms with Crippen LogP contribution in [0.1, 0.15) is 5.56 Å². The SMILES string of the molecule is COC(=O)/C=C/N(C)S(=O)(=O)c1ccc(C)cc1. The van der Waals surface area contributed by atoms with Crippen molar-refractivity contribution in [3.8, 4) is 0 Å². The van der Waals surface area contributed by atoms with E-state index in [1.54, 1.807) is 12.1 Å². The first-order valence-electron chi connectivity index (χ1n) is 5.19. The summed E-state index contributed by atoms with van der Waals surface area (Å²) in [6.07, 6.45) is 2.20. The number of sulfonamides is 1. The third-order valence-electron chi connectivity index (χ3n) is 2.32. The third kappa shape index (κ3) is 3.33. The Balaban J connectivity index is 2.96. The van der Waals surface area contributed by atoms with Crippen LogP contribution in [0.4, 0.5) is 0 Å². The largest absolute Gasteiger partial charge is 0.466 e. The summed E-state index contributed by atoms with van der Waals surface area (Å²) < 4.78 is 29.5. The minimum absolute atomic E-state index is 0.171. The van der Waals surface area contributed by atoms with Crippen molar-refractivity contribution in [1.82, 2.24) is 4.31 Å². The fourth-order valence-corrected chi connectivity index (χ4v) is 2.22. The number of ether oxygens (including phenoxy) is 1. The number of methoxy groups -OCH3 is 1. The average molecular weight is 269 g/mol. The molecule has 0 saturated carbocycles. The Morgan fingerprint density at radius 3 is 2.33 bits per heavy atom. The van der Waals surface area contributed by atoms with Crippen molar-refractivity contribution in [3.63, 3.8) is 0 Å². The lowest BCUT2D eigenvalue weighted by molar-refractivity contribution is -0.134. The topological polar surface area (TPSA) is 63.7 Å². The Labute approximate surface area is 107 Å². The van der Waals surface area contributed by atoms with Crippen LogP contribution in [0.25, 0.3) is 0 Å². The quantitative estimate of drug-likeness (QED) is 0.610. The molecule has 18 heavy (non-hydrogen) atoms. The van der Waals surface area contributed by atoms with Gasteiger partial charge in [0.2, 0.25) is 0 Å². The first-order chi connectivity index (χ1) is 8.37. The van der Waals surface area contributed by atoms with Gasteiger partial charge in [-0.15, -0.1) is 0 Å². The first-order valence-corrected chi connectivity index (χ1v) is 6.63. The van der Waals surface area contributed by atoms with Gasteiger partial charge < -0.3 is 4.74 Å². The lowest BCUT2D eigenvalue weighted by atomic mass is 10.2. The number of benzene rings is 1. The van der Waals surface area contributed by atoms with Crippen LogP contribution in [0.5, 0.6) is 0 Å². The summed E-state index contributed by atoms with van der Waals surface area (Å²) in [6, 6.07) is 6.47. The molecule has 0 spiro atoms. The molecule has 1 rings (SSSR count). The van der Waals surface area contributed by atoms with Gasteiger partial charge in [0, 0.05) is 19.3 Å². The maximum atomic E-state index is 12.1. The number of aryl methyl sites for hydroxylation is 1. The smallest absolute Gasteiger partial charge is 0.331 e. The number of carbonyl (C=O) groups is 1. The molecule has 0 aliphatic carbocycles. The van der Waals surface area contributed by atoms with Crippen LogP contribution in [-0.2, 0) is 19.6 Å². The fourth-order valence-electron chi connectivity index (χ4n) is 1.19. The number of esters is 1. The van der Waals surface area contributed by atoms with Crippen LogP contribution < -0.4 is 0 Å². The molecule has 0 bridgehead atoms. The molecule has 0 aliphatic rings. The fraction of sp³-hybridized carbons (Fsp3) is 0.250. The summed E-state index contributed by atoms with van der Waals surface area (Å²) >= 11 is 0. The normalized spacial score (nSPS) is 11.5. The maximum Gasteiger partial charge on any atom is 0.331 e. The van der Waals surface area contributed by atoms with Gasteiger partial charge in [-0.1, -0.05) is 17.7 Å². The second-order valence-corrected chi connectivity index (χ2v) is 5.67. The van der Waals surface area contributed by atoms with Gasteiger partial charge in [-0.05, 0) is 19.1 Å². The Morgan fingerprint density at radius 1 is 1.28 bits per heavy atom. The zero-order chi connectivity index (χ0) is 13.8. The zero-order valence-electron chi connectivity index (χ0n) is 10.5. The van der Waals surface area contributed by atoms with E-state index >= 15 is 0 Å². The monoisotopic (exact) mass is 269 g/mol. The van der Waals surface area contributed by atoms with Crippen LogP contribution in [0.15, 0.2) is 41.4 Å². The Hall–Kier alpha value is -1.82. The van der Waals surface area contributed by atoms with Crippen molar-refractivity contribution < 1.29 is 17.9 Å². The second kappa shape index (κ2) is 5.68.